The highest BCUT2D eigenvalue weighted by Gasteiger charge is 2.30. The molecule has 0 aliphatic heterocycles. The molecular weight excluding hydrogens is 377 g/mol. The topological polar surface area (TPSA) is 44.1 Å². The van der Waals surface area contributed by atoms with Gasteiger partial charge in [0.15, 0.2) is 0 Å². The van der Waals surface area contributed by atoms with Crippen LogP contribution in [0.15, 0.2) is 42.7 Å². The lowest BCUT2D eigenvalue weighted by atomic mass is 10.1. The number of aryl methyl sites for hydroxylation is 1. The Kier molecular flexibility index (Phi) is 5.36. The molecule has 0 spiro atoms. The van der Waals surface area contributed by atoms with E-state index in [0.717, 1.165) is 27.5 Å². The van der Waals surface area contributed by atoms with Crippen molar-refractivity contribution in [2.45, 2.75) is 26.6 Å². The number of hydrogen-bond donors (Lipinski definition) is 0. The monoisotopic (exact) mass is 394 g/mol. The van der Waals surface area contributed by atoms with E-state index < -0.39 is 17.7 Å². The number of esters is 1. The number of nitrogens with zero attached hydrogens (tertiary/aromatic N) is 2. The van der Waals surface area contributed by atoms with Crippen LogP contribution in [0.25, 0.3) is 10.4 Å². The van der Waals surface area contributed by atoms with E-state index in [1.54, 1.807) is 23.9 Å². The second kappa shape index (κ2) is 7.56. The first-order valence-corrected chi connectivity index (χ1v) is 9.06. The first-order chi connectivity index (χ1) is 12.8. The number of carbonyl (C=O) groups is 1. The Labute approximate surface area is 158 Å². The van der Waals surface area contributed by atoms with Gasteiger partial charge in [-0.3, -0.25) is 4.68 Å². The third kappa shape index (κ3) is 4.39. The van der Waals surface area contributed by atoms with Gasteiger partial charge in [0.1, 0.15) is 0 Å². The maximum atomic E-state index is 12.9. The summed E-state index contributed by atoms with van der Waals surface area (Å²) in [4.78, 5) is 13.5. The van der Waals surface area contributed by atoms with Crippen LogP contribution in [0.3, 0.4) is 0 Å². The molecule has 27 heavy (non-hydrogen) atoms. The molecule has 1 aromatic carbocycles. The highest BCUT2D eigenvalue weighted by molar-refractivity contribution is 7.15. The second-order valence-corrected chi connectivity index (χ2v) is 7.17. The average Bonchev–Trinajstić information content (AvgIpc) is 3.22. The van der Waals surface area contributed by atoms with Gasteiger partial charge in [0, 0.05) is 16.0 Å². The molecule has 0 unspecified atom stereocenters. The molecule has 2 heterocycles. The van der Waals surface area contributed by atoms with Gasteiger partial charge in [0.25, 0.3) is 0 Å². The fourth-order valence-electron chi connectivity index (χ4n) is 2.61. The molecule has 0 saturated heterocycles. The zero-order chi connectivity index (χ0) is 19.6. The minimum atomic E-state index is -4.37. The Morgan fingerprint density at radius 3 is 2.78 bits per heavy atom. The summed E-state index contributed by atoms with van der Waals surface area (Å²) in [5.41, 5.74) is 1.16. The van der Waals surface area contributed by atoms with Crippen LogP contribution in [0.5, 0.6) is 0 Å². The fourth-order valence-corrected chi connectivity index (χ4v) is 3.64. The van der Waals surface area contributed by atoms with Crippen molar-refractivity contribution in [1.82, 2.24) is 9.78 Å². The van der Waals surface area contributed by atoms with Gasteiger partial charge in [0.2, 0.25) is 0 Å². The summed E-state index contributed by atoms with van der Waals surface area (Å²) in [7, 11) is 0. The van der Waals surface area contributed by atoms with Crippen LogP contribution >= 0.6 is 11.3 Å². The number of hydrogen-bond acceptors (Lipinski definition) is 4. The van der Waals surface area contributed by atoms with Gasteiger partial charge >= 0.3 is 12.1 Å². The molecule has 0 atom stereocenters. The molecule has 0 aliphatic rings. The lowest BCUT2D eigenvalue weighted by Gasteiger charge is -2.07. The maximum absolute atomic E-state index is 12.9. The third-order valence-electron chi connectivity index (χ3n) is 3.97. The van der Waals surface area contributed by atoms with Crippen molar-refractivity contribution in [1.29, 1.82) is 0 Å². The van der Waals surface area contributed by atoms with Gasteiger partial charge < -0.3 is 4.74 Å². The summed E-state index contributed by atoms with van der Waals surface area (Å²) in [6.45, 7) is 4.34. The average molecular weight is 394 g/mol. The number of alkyl halides is 3. The van der Waals surface area contributed by atoms with Gasteiger partial charge in [0.05, 0.1) is 30.5 Å². The Bertz CT molecular complexity index is 960. The summed E-state index contributed by atoms with van der Waals surface area (Å²) in [6, 6.07) is 7.15. The minimum absolute atomic E-state index is 0.286. The Morgan fingerprint density at radius 2 is 2.07 bits per heavy atom. The number of rotatable bonds is 5. The summed E-state index contributed by atoms with van der Waals surface area (Å²) in [5.74, 6) is -0.435. The molecular formula is C19H17F3N2O2S. The number of ether oxygens (including phenoxy) is 1. The van der Waals surface area contributed by atoms with Crippen molar-refractivity contribution >= 4 is 17.3 Å². The van der Waals surface area contributed by atoms with E-state index in [1.807, 2.05) is 13.0 Å². The summed E-state index contributed by atoms with van der Waals surface area (Å²) >= 11 is 1.43. The maximum Gasteiger partial charge on any atom is 0.416 e. The van der Waals surface area contributed by atoms with Crippen LogP contribution in [0.4, 0.5) is 13.2 Å². The van der Waals surface area contributed by atoms with Crippen LogP contribution in [0, 0.1) is 6.92 Å². The molecule has 2 aromatic heterocycles. The number of benzene rings is 1. The zero-order valence-electron chi connectivity index (χ0n) is 14.7. The first kappa shape index (κ1) is 19.2. The minimum Gasteiger partial charge on any atom is -0.462 e. The number of thiophene rings is 1. The largest absolute Gasteiger partial charge is 0.462 e. The smallest absolute Gasteiger partial charge is 0.416 e. The van der Waals surface area contributed by atoms with Crippen molar-refractivity contribution in [3.05, 3.63) is 64.3 Å². The lowest BCUT2D eigenvalue weighted by Crippen LogP contribution is -2.04. The zero-order valence-corrected chi connectivity index (χ0v) is 15.5. The molecule has 8 heteroatoms. The van der Waals surface area contributed by atoms with E-state index in [-0.39, 0.29) is 6.61 Å². The van der Waals surface area contributed by atoms with E-state index in [0.29, 0.717) is 17.7 Å². The molecule has 0 radical (unpaired) electrons. The Morgan fingerprint density at radius 1 is 1.30 bits per heavy atom. The van der Waals surface area contributed by atoms with E-state index in [9.17, 15) is 18.0 Å². The molecule has 0 bridgehead atoms. The normalized spacial score (nSPS) is 11.6. The number of carbonyl (C=O) groups excluding carboxylic acids is 1. The number of halogens is 3. The Hall–Kier alpha value is -2.61. The van der Waals surface area contributed by atoms with Crippen LogP contribution in [-0.2, 0) is 17.5 Å². The van der Waals surface area contributed by atoms with Crippen LogP contribution in [-0.4, -0.2) is 22.4 Å². The molecule has 3 rings (SSSR count). The molecule has 3 aromatic rings. The van der Waals surface area contributed by atoms with E-state index >= 15 is 0 Å². The molecule has 0 fully saturated rings. The van der Waals surface area contributed by atoms with E-state index in [1.165, 1.54) is 23.6 Å². The predicted molar refractivity (Wildman–Crippen MR) is 96.8 cm³/mol. The molecule has 0 N–H and O–H groups in total. The highest BCUT2D eigenvalue weighted by atomic mass is 32.1. The standard InChI is InChI=1S/C19H17F3N2O2S/c1-3-26-18(25)15-9-23-24(11-15)10-14-8-17(27-12(14)2)13-5-4-6-16(7-13)19(20,21)22/h4-9,11H,3,10H2,1-2H3. The summed E-state index contributed by atoms with van der Waals surface area (Å²) in [5, 5.41) is 4.16. The van der Waals surface area contributed by atoms with Crippen molar-refractivity contribution in [3.8, 4) is 10.4 Å². The van der Waals surface area contributed by atoms with Crippen molar-refractivity contribution in [3.63, 3.8) is 0 Å². The second-order valence-electron chi connectivity index (χ2n) is 5.92. The van der Waals surface area contributed by atoms with Gasteiger partial charge in [-0.1, -0.05) is 12.1 Å². The third-order valence-corrected chi connectivity index (χ3v) is 5.11. The number of aromatic nitrogens is 2. The molecule has 0 saturated carbocycles. The first-order valence-electron chi connectivity index (χ1n) is 8.24. The predicted octanol–water partition coefficient (Wildman–Crippen LogP) is 5.16. The summed E-state index contributed by atoms with van der Waals surface area (Å²) in [6.07, 6.45) is -1.34. The van der Waals surface area contributed by atoms with Crippen molar-refractivity contribution < 1.29 is 22.7 Å². The molecule has 0 aliphatic carbocycles. The SMILES string of the molecule is CCOC(=O)c1cnn(Cc2cc(-c3cccc(C(F)(F)F)c3)sc2C)c1. The quantitative estimate of drug-likeness (QED) is 0.561. The van der Waals surface area contributed by atoms with Gasteiger partial charge in [-0.05, 0) is 43.2 Å². The summed E-state index contributed by atoms with van der Waals surface area (Å²) < 4.78 is 45.3. The highest BCUT2D eigenvalue weighted by Crippen LogP contribution is 2.35. The van der Waals surface area contributed by atoms with Crippen LogP contribution in [0.2, 0.25) is 0 Å². The van der Waals surface area contributed by atoms with Crippen LogP contribution in [0.1, 0.15) is 33.3 Å². The Balaban J connectivity index is 1.82. The van der Waals surface area contributed by atoms with Gasteiger partial charge in [-0.15, -0.1) is 11.3 Å². The van der Waals surface area contributed by atoms with Crippen molar-refractivity contribution in [2.24, 2.45) is 0 Å². The molecule has 0 amide bonds. The fraction of sp³-hybridized carbons (Fsp3) is 0.263. The van der Waals surface area contributed by atoms with Gasteiger partial charge in [-0.25, -0.2) is 4.79 Å². The van der Waals surface area contributed by atoms with Crippen LogP contribution < -0.4 is 0 Å². The molecule has 142 valence electrons. The van der Waals surface area contributed by atoms with Crippen molar-refractivity contribution in [2.75, 3.05) is 6.61 Å². The molecule has 4 nitrogen and oxygen atoms in total. The lowest BCUT2D eigenvalue weighted by molar-refractivity contribution is -0.137. The van der Waals surface area contributed by atoms with E-state index in [2.05, 4.69) is 5.10 Å². The van der Waals surface area contributed by atoms with Gasteiger partial charge in [-0.2, -0.15) is 18.3 Å². The van der Waals surface area contributed by atoms with E-state index in [4.69, 9.17) is 4.74 Å².